The lowest BCUT2D eigenvalue weighted by molar-refractivity contribution is -0.139. The quantitative estimate of drug-likeness (QED) is 0.791. The SMILES string of the molecule is Oc1ccc(-c2ccc(F)c(C(F)(F)F)c2)nc1. The molecule has 0 aliphatic carbocycles. The molecule has 2 aromatic rings. The van der Waals surface area contributed by atoms with Gasteiger partial charge in [0.15, 0.2) is 0 Å². The Morgan fingerprint density at radius 1 is 1.06 bits per heavy atom. The zero-order valence-corrected chi connectivity index (χ0v) is 8.87. The number of benzene rings is 1. The molecule has 18 heavy (non-hydrogen) atoms. The molecule has 0 radical (unpaired) electrons. The third-order valence-corrected chi connectivity index (χ3v) is 2.32. The molecule has 2 nitrogen and oxygen atoms in total. The number of nitrogens with zero attached hydrogens (tertiary/aromatic N) is 1. The van der Waals surface area contributed by atoms with Crippen LogP contribution in [0.4, 0.5) is 17.6 Å². The second-order valence-corrected chi connectivity index (χ2v) is 3.59. The van der Waals surface area contributed by atoms with Crippen molar-refractivity contribution >= 4 is 0 Å². The Balaban J connectivity index is 2.50. The van der Waals surface area contributed by atoms with Crippen molar-refractivity contribution in [2.75, 3.05) is 0 Å². The smallest absolute Gasteiger partial charge is 0.419 e. The molecular weight excluding hydrogens is 250 g/mol. The molecule has 1 aromatic heterocycles. The maximum atomic E-state index is 13.1. The molecule has 1 heterocycles. The number of hydrogen-bond donors (Lipinski definition) is 1. The molecule has 1 aromatic carbocycles. The van der Waals surface area contributed by atoms with Crippen LogP contribution in [0.1, 0.15) is 5.56 Å². The Bertz CT molecular complexity index is 563. The van der Waals surface area contributed by atoms with Crippen LogP contribution < -0.4 is 0 Å². The van der Waals surface area contributed by atoms with Gasteiger partial charge in [0.25, 0.3) is 0 Å². The molecule has 0 saturated carbocycles. The first-order valence-corrected chi connectivity index (χ1v) is 4.90. The number of aromatic hydroxyl groups is 1. The number of halogens is 4. The van der Waals surface area contributed by atoms with Crippen LogP contribution in [-0.4, -0.2) is 10.1 Å². The van der Waals surface area contributed by atoms with Crippen LogP contribution in [-0.2, 0) is 6.18 Å². The van der Waals surface area contributed by atoms with Crippen LogP contribution >= 0.6 is 0 Å². The van der Waals surface area contributed by atoms with Crippen molar-refractivity contribution in [3.63, 3.8) is 0 Å². The molecule has 2 rings (SSSR count). The zero-order chi connectivity index (χ0) is 13.3. The molecule has 1 N–H and O–H groups in total. The van der Waals surface area contributed by atoms with Crippen molar-refractivity contribution in [2.45, 2.75) is 6.18 Å². The van der Waals surface area contributed by atoms with E-state index in [2.05, 4.69) is 4.98 Å². The van der Waals surface area contributed by atoms with Crippen LogP contribution in [0.2, 0.25) is 0 Å². The van der Waals surface area contributed by atoms with Gasteiger partial charge in [-0.2, -0.15) is 13.2 Å². The predicted octanol–water partition coefficient (Wildman–Crippen LogP) is 3.61. The molecule has 0 aliphatic heterocycles. The monoisotopic (exact) mass is 257 g/mol. The highest BCUT2D eigenvalue weighted by Crippen LogP contribution is 2.33. The largest absolute Gasteiger partial charge is 0.506 e. The molecule has 0 amide bonds. The van der Waals surface area contributed by atoms with Gasteiger partial charge in [-0.15, -0.1) is 0 Å². The fourth-order valence-corrected chi connectivity index (χ4v) is 1.46. The van der Waals surface area contributed by atoms with E-state index in [9.17, 15) is 17.6 Å². The number of aromatic nitrogens is 1. The van der Waals surface area contributed by atoms with E-state index in [1.54, 1.807) is 0 Å². The van der Waals surface area contributed by atoms with Gasteiger partial charge in [0.2, 0.25) is 0 Å². The van der Waals surface area contributed by atoms with E-state index < -0.39 is 17.6 Å². The minimum Gasteiger partial charge on any atom is -0.506 e. The van der Waals surface area contributed by atoms with E-state index in [1.165, 1.54) is 18.2 Å². The van der Waals surface area contributed by atoms with E-state index in [-0.39, 0.29) is 17.0 Å². The summed E-state index contributed by atoms with van der Waals surface area (Å²) in [6, 6.07) is 5.27. The normalized spacial score (nSPS) is 11.6. The van der Waals surface area contributed by atoms with Crippen LogP contribution in [0.3, 0.4) is 0 Å². The van der Waals surface area contributed by atoms with Gasteiger partial charge in [0.1, 0.15) is 11.6 Å². The van der Waals surface area contributed by atoms with E-state index in [4.69, 9.17) is 5.11 Å². The Morgan fingerprint density at radius 3 is 2.33 bits per heavy atom. The van der Waals surface area contributed by atoms with Crippen LogP contribution in [0, 0.1) is 5.82 Å². The van der Waals surface area contributed by atoms with Crippen LogP contribution in [0.5, 0.6) is 5.75 Å². The van der Waals surface area contributed by atoms with Crippen LogP contribution in [0.15, 0.2) is 36.5 Å². The van der Waals surface area contributed by atoms with Gasteiger partial charge in [-0.25, -0.2) is 4.39 Å². The Hall–Kier alpha value is -2.11. The van der Waals surface area contributed by atoms with Crippen LogP contribution in [0.25, 0.3) is 11.3 Å². The van der Waals surface area contributed by atoms with E-state index >= 15 is 0 Å². The van der Waals surface area contributed by atoms with Crippen molar-refractivity contribution in [1.82, 2.24) is 4.98 Å². The van der Waals surface area contributed by atoms with Crippen molar-refractivity contribution in [3.05, 3.63) is 47.9 Å². The van der Waals surface area contributed by atoms with E-state index in [1.807, 2.05) is 0 Å². The second kappa shape index (κ2) is 4.29. The van der Waals surface area contributed by atoms with Crippen molar-refractivity contribution in [3.8, 4) is 17.0 Å². The van der Waals surface area contributed by atoms with Gasteiger partial charge in [0.05, 0.1) is 17.5 Å². The summed E-state index contributed by atoms with van der Waals surface area (Å²) in [5.41, 5.74) is -0.989. The highest BCUT2D eigenvalue weighted by molar-refractivity contribution is 5.60. The lowest BCUT2D eigenvalue weighted by atomic mass is 10.1. The zero-order valence-electron chi connectivity index (χ0n) is 8.87. The molecule has 0 unspecified atom stereocenters. The summed E-state index contributed by atoms with van der Waals surface area (Å²) >= 11 is 0. The summed E-state index contributed by atoms with van der Waals surface area (Å²) in [7, 11) is 0. The van der Waals surface area contributed by atoms with Gasteiger partial charge in [-0.05, 0) is 30.3 Å². The minimum absolute atomic E-state index is 0.100. The third-order valence-electron chi connectivity index (χ3n) is 2.32. The minimum atomic E-state index is -4.75. The van der Waals surface area contributed by atoms with Gasteiger partial charge in [-0.1, -0.05) is 0 Å². The summed E-state index contributed by atoms with van der Waals surface area (Å²) in [5, 5.41) is 9.03. The van der Waals surface area contributed by atoms with Crippen molar-refractivity contribution in [1.29, 1.82) is 0 Å². The molecule has 0 aliphatic rings. The van der Waals surface area contributed by atoms with Gasteiger partial charge >= 0.3 is 6.18 Å². The average molecular weight is 257 g/mol. The topological polar surface area (TPSA) is 33.1 Å². The Morgan fingerprint density at radius 2 is 1.78 bits per heavy atom. The van der Waals surface area contributed by atoms with Gasteiger partial charge in [0, 0.05) is 5.56 Å². The predicted molar refractivity (Wildman–Crippen MR) is 56.3 cm³/mol. The Kier molecular flexibility index (Phi) is 2.94. The Labute approximate surface area is 99.5 Å². The van der Waals surface area contributed by atoms with Crippen molar-refractivity contribution < 1.29 is 22.7 Å². The van der Waals surface area contributed by atoms with Crippen molar-refractivity contribution in [2.24, 2.45) is 0 Å². The highest BCUT2D eigenvalue weighted by Gasteiger charge is 2.34. The third kappa shape index (κ3) is 2.42. The molecule has 6 heteroatoms. The van der Waals surface area contributed by atoms with Gasteiger partial charge < -0.3 is 5.11 Å². The summed E-state index contributed by atoms with van der Waals surface area (Å²) < 4.78 is 50.6. The number of hydrogen-bond acceptors (Lipinski definition) is 2. The number of rotatable bonds is 1. The van der Waals surface area contributed by atoms with Gasteiger partial charge in [-0.3, -0.25) is 4.98 Å². The average Bonchev–Trinajstić information content (AvgIpc) is 2.29. The first-order valence-electron chi connectivity index (χ1n) is 4.90. The fraction of sp³-hybridized carbons (Fsp3) is 0.0833. The standard InChI is InChI=1S/C12H7F4NO/c13-10-3-1-7(5-9(10)12(14,15)16)11-4-2-8(18)6-17-11/h1-6,18H. The lowest BCUT2D eigenvalue weighted by Crippen LogP contribution is -2.08. The maximum Gasteiger partial charge on any atom is 0.419 e. The summed E-state index contributed by atoms with van der Waals surface area (Å²) in [4.78, 5) is 3.76. The molecule has 0 fully saturated rings. The van der Waals surface area contributed by atoms with E-state index in [0.29, 0.717) is 6.07 Å². The summed E-state index contributed by atoms with van der Waals surface area (Å²) in [6.45, 7) is 0. The van der Waals surface area contributed by atoms with E-state index in [0.717, 1.165) is 12.3 Å². The molecule has 0 saturated heterocycles. The molecule has 0 bridgehead atoms. The second-order valence-electron chi connectivity index (χ2n) is 3.59. The first-order chi connectivity index (χ1) is 8.38. The fourth-order valence-electron chi connectivity index (χ4n) is 1.46. The number of pyridine rings is 1. The summed E-state index contributed by atoms with van der Waals surface area (Å²) in [6.07, 6.45) is -3.65. The molecular formula is C12H7F4NO. The lowest BCUT2D eigenvalue weighted by Gasteiger charge is -2.09. The molecule has 0 atom stereocenters. The molecule has 94 valence electrons. The number of alkyl halides is 3. The first kappa shape index (κ1) is 12.3. The highest BCUT2D eigenvalue weighted by atomic mass is 19.4. The maximum absolute atomic E-state index is 13.1. The summed E-state index contributed by atoms with van der Waals surface area (Å²) in [5.74, 6) is -1.43. The molecule has 0 spiro atoms.